The highest BCUT2D eigenvalue weighted by atomic mass is 32.1. The molecule has 0 saturated carbocycles. The van der Waals surface area contributed by atoms with Crippen LogP contribution in [0.3, 0.4) is 0 Å². The molecule has 4 rings (SSSR count). The molecular weight excluding hydrogens is 374 g/mol. The number of nitrogens with one attached hydrogen (secondary N) is 1. The van der Waals surface area contributed by atoms with Gasteiger partial charge in [-0.2, -0.15) is 0 Å². The van der Waals surface area contributed by atoms with Crippen molar-refractivity contribution in [2.24, 2.45) is 0 Å². The SMILES string of the molecule is CCc1cc2c(=O)n(NC(=O)c3cccc(Oc4ccccc4)c3)cnc2s1. The van der Waals surface area contributed by atoms with Crippen LogP contribution in [0.2, 0.25) is 0 Å². The molecule has 0 aliphatic carbocycles. The molecule has 0 atom stereocenters. The number of fused-ring (bicyclic) bond motifs is 1. The minimum Gasteiger partial charge on any atom is -0.457 e. The van der Waals surface area contributed by atoms with Gasteiger partial charge < -0.3 is 4.74 Å². The number of nitrogens with zero attached hydrogens (tertiary/aromatic N) is 2. The molecule has 2 aromatic heterocycles. The first kappa shape index (κ1) is 17.9. The summed E-state index contributed by atoms with van der Waals surface area (Å²) in [5, 5.41) is 0.505. The minimum atomic E-state index is -0.423. The average Bonchev–Trinajstić information content (AvgIpc) is 3.15. The van der Waals surface area contributed by atoms with Crippen LogP contribution in [0, 0.1) is 0 Å². The minimum absolute atomic E-state index is 0.300. The Labute approximate surface area is 165 Å². The number of hydrogen-bond donors (Lipinski definition) is 1. The van der Waals surface area contributed by atoms with Crippen LogP contribution in [-0.2, 0) is 6.42 Å². The first-order chi connectivity index (χ1) is 13.6. The molecule has 7 heteroatoms. The fraction of sp³-hybridized carbons (Fsp3) is 0.0952. The highest BCUT2D eigenvalue weighted by molar-refractivity contribution is 7.18. The van der Waals surface area contributed by atoms with E-state index in [9.17, 15) is 9.59 Å². The lowest BCUT2D eigenvalue weighted by Gasteiger charge is -2.09. The lowest BCUT2D eigenvalue weighted by atomic mass is 10.2. The van der Waals surface area contributed by atoms with Crippen molar-refractivity contribution in [3.63, 3.8) is 0 Å². The quantitative estimate of drug-likeness (QED) is 0.553. The molecule has 0 aliphatic heterocycles. The van der Waals surface area contributed by atoms with Gasteiger partial charge in [-0.05, 0) is 42.8 Å². The molecule has 2 aromatic carbocycles. The van der Waals surface area contributed by atoms with Crippen molar-refractivity contribution in [2.45, 2.75) is 13.3 Å². The van der Waals surface area contributed by atoms with Crippen molar-refractivity contribution in [1.82, 2.24) is 9.66 Å². The number of thiophene rings is 1. The van der Waals surface area contributed by atoms with Gasteiger partial charge in [0.05, 0.1) is 5.39 Å². The molecule has 6 nitrogen and oxygen atoms in total. The van der Waals surface area contributed by atoms with E-state index < -0.39 is 5.91 Å². The summed E-state index contributed by atoms with van der Waals surface area (Å²) in [7, 11) is 0. The molecule has 0 spiro atoms. The predicted molar refractivity (Wildman–Crippen MR) is 110 cm³/mol. The molecule has 0 radical (unpaired) electrons. The number of aromatic nitrogens is 2. The summed E-state index contributed by atoms with van der Waals surface area (Å²) in [5.74, 6) is 0.785. The van der Waals surface area contributed by atoms with Gasteiger partial charge in [0.1, 0.15) is 22.7 Å². The number of amides is 1. The second-order valence-electron chi connectivity index (χ2n) is 6.09. The molecule has 0 saturated heterocycles. The van der Waals surface area contributed by atoms with Gasteiger partial charge in [0.25, 0.3) is 11.5 Å². The zero-order valence-electron chi connectivity index (χ0n) is 15.1. The average molecular weight is 391 g/mol. The van der Waals surface area contributed by atoms with E-state index in [0.29, 0.717) is 27.3 Å². The second-order valence-corrected chi connectivity index (χ2v) is 7.20. The van der Waals surface area contributed by atoms with Crippen molar-refractivity contribution in [3.05, 3.63) is 87.8 Å². The predicted octanol–water partition coefficient (Wildman–Crippen LogP) is 4.20. The van der Waals surface area contributed by atoms with Gasteiger partial charge >= 0.3 is 0 Å². The zero-order valence-corrected chi connectivity index (χ0v) is 15.9. The highest BCUT2D eigenvalue weighted by Crippen LogP contribution is 2.22. The molecule has 0 aliphatic rings. The van der Waals surface area contributed by atoms with Crippen LogP contribution < -0.4 is 15.7 Å². The molecule has 4 aromatic rings. The maximum absolute atomic E-state index is 12.6. The van der Waals surface area contributed by atoms with Crippen molar-refractivity contribution < 1.29 is 9.53 Å². The number of para-hydroxylation sites is 1. The number of carbonyl (C=O) groups is 1. The normalized spacial score (nSPS) is 10.8. The van der Waals surface area contributed by atoms with Crippen LogP contribution in [0.4, 0.5) is 0 Å². The van der Waals surface area contributed by atoms with E-state index in [-0.39, 0.29) is 5.56 Å². The van der Waals surface area contributed by atoms with E-state index in [1.807, 2.05) is 43.3 Å². The van der Waals surface area contributed by atoms with Crippen LogP contribution in [0.1, 0.15) is 22.2 Å². The topological polar surface area (TPSA) is 73.2 Å². The first-order valence-corrected chi connectivity index (χ1v) is 9.60. The van der Waals surface area contributed by atoms with Crippen molar-refractivity contribution >= 4 is 27.5 Å². The Morgan fingerprint density at radius 1 is 1.11 bits per heavy atom. The number of rotatable bonds is 5. The van der Waals surface area contributed by atoms with Gasteiger partial charge in [0, 0.05) is 10.4 Å². The maximum Gasteiger partial charge on any atom is 0.280 e. The third-order valence-corrected chi connectivity index (χ3v) is 5.34. The van der Waals surface area contributed by atoms with Gasteiger partial charge in [-0.25, -0.2) is 9.66 Å². The molecule has 0 unspecified atom stereocenters. The maximum atomic E-state index is 12.6. The van der Waals surface area contributed by atoms with Gasteiger partial charge in [-0.1, -0.05) is 31.2 Å². The van der Waals surface area contributed by atoms with E-state index in [0.717, 1.165) is 16.0 Å². The summed E-state index contributed by atoms with van der Waals surface area (Å²) in [6.45, 7) is 2.02. The molecule has 28 heavy (non-hydrogen) atoms. The van der Waals surface area contributed by atoms with Crippen molar-refractivity contribution in [1.29, 1.82) is 0 Å². The standard InChI is InChI=1S/C21H17N3O3S/c1-2-17-12-18-20(28-17)22-13-24(21(18)26)23-19(25)14-7-6-10-16(11-14)27-15-8-4-3-5-9-15/h3-13H,2H2,1H3,(H,23,25). The summed E-state index contributed by atoms with van der Waals surface area (Å²) >= 11 is 1.48. The van der Waals surface area contributed by atoms with Crippen LogP contribution >= 0.6 is 11.3 Å². The monoisotopic (exact) mass is 391 g/mol. The number of ether oxygens (including phenoxy) is 1. The molecular formula is C21H17N3O3S. The Kier molecular flexibility index (Phi) is 4.90. The largest absolute Gasteiger partial charge is 0.457 e. The van der Waals surface area contributed by atoms with Crippen LogP contribution in [0.25, 0.3) is 10.2 Å². The second kappa shape index (κ2) is 7.66. The van der Waals surface area contributed by atoms with E-state index in [1.54, 1.807) is 24.3 Å². The molecule has 0 bridgehead atoms. The van der Waals surface area contributed by atoms with Gasteiger partial charge in [0.15, 0.2) is 0 Å². The van der Waals surface area contributed by atoms with Crippen molar-refractivity contribution in [2.75, 3.05) is 5.43 Å². The van der Waals surface area contributed by atoms with Crippen LogP contribution in [0.5, 0.6) is 11.5 Å². The van der Waals surface area contributed by atoms with E-state index >= 15 is 0 Å². The van der Waals surface area contributed by atoms with Gasteiger partial charge in [-0.15, -0.1) is 11.3 Å². The lowest BCUT2D eigenvalue weighted by molar-refractivity contribution is 0.101. The fourth-order valence-electron chi connectivity index (χ4n) is 2.73. The Hall–Kier alpha value is -3.45. The summed E-state index contributed by atoms with van der Waals surface area (Å²) in [5.41, 5.74) is 2.66. The fourth-order valence-corrected chi connectivity index (χ4v) is 3.65. The molecule has 2 heterocycles. The Morgan fingerprint density at radius 3 is 2.68 bits per heavy atom. The number of hydrogen-bond acceptors (Lipinski definition) is 5. The summed E-state index contributed by atoms with van der Waals surface area (Å²) < 4.78 is 6.87. The first-order valence-electron chi connectivity index (χ1n) is 8.78. The Bertz CT molecular complexity index is 1200. The lowest BCUT2D eigenvalue weighted by Crippen LogP contribution is -2.33. The van der Waals surface area contributed by atoms with Crippen molar-refractivity contribution in [3.8, 4) is 11.5 Å². The van der Waals surface area contributed by atoms with E-state index in [4.69, 9.17) is 4.74 Å². The Morgan fingerprint density at radius 2 is 1.89 bits per heavy atom. The summed E-state index contributed by atoms with van der Waals surface area (Å²) in [6.07, 6.45) is 2.17. The smallest absolute Gasteiger partial charge is 0.280 e. The molecule has 1 N–H and O–H groups in total. The highest BCUT2D eigenvalue weighted by Gasteiger charge is 2.12. The molecule has 1 amide bonds. The third-order valence-electron chi connectivity index (χ3n) is 4.15. The van der Waals surface area contributed by atoms with Gasteiger partial charge in [0.2, 0.25) is 0 Å². The number of carbonyl (C=O) groups excluding carboxylic acids is 1. The molecule has 0 fully saturated rings. The number of benzene rings is 2. The number of aryl methyl sites for hydroxylation is 1. The van der Waals surface area contributed by atoms with Gasteiger partial charge in [-0.3, -0.25) is 15.0 Å². The van der Waals surface area contributed by atoms with E-state index in [1.165, 1.54) is 17.7 Å². The Balaban J connectivity index is 1.57. The van der Waals surface area contributed by atoms with Crippen LogP contribution in [-0.4, -0.2) is 15.6 Å². The summed E-state index contributed by atoms with van der Waals surface area (Å²) in [4.78, 5) is 31.3. The summed E-state index contributed by atoms with van der Waals surface area (Å²) in [6, 6.07) is 17.9. The zero-order chi connectivity index (χ0) is 19.5. The van der Waals surface area contributed by atoms with Crippen LogP contribution in [0.15, 0.2) is 71.8 Å². The molecule has 140 valence electrons. The third kappa shape index (κ3) is 3.65. The van der Waals surface area contributed by atoms with E-state index in [2.05, 4.69) is 10.4 Å².